The summed E-state index contributed by atoms with van der Waals surface area (Å²) in [6.07, 6.45) is -4.69. The molecule has 0 aliphatic carbocycles. The van der Waals surface area contributed by atoms with E-state index in [-0.39, 0.29) is 48.9 Å². The molecular formula is C19H18F3N3O5. The van der Waals surface area contributed by atoms with E-state index in [1.165, 1.54) is 24.1 Å². The summed E-state index contributed by atoms with van der Waals surface area (Å²) in [7, 11) is 1.36. The lowest BCUT2D eigenvalue weighted by Crippen LogP contribution is -2.49. The predicted molar refractivity (Wildman–Crippen MR) is 101 cm³/mol. The molecule has 1 fully saturated rings. The molecule has 0 bridgehead atoms. The highest BCUT2D eigenvalue weighted by atomic mass is 19.4. The molecule has 160 valence electrons. The second-order valence-electron chi connectivity index (χ2n) is 6.59. The molecule has 30 heavy (non-hydrogen) atoms. The van der Waals surface area contributed by atoms with Gasteiger partial charge in [0.05, 0.1) is 23.2 Å². The normalized spacial score (nSPS) is 14.5. The number of anilines is 1. The van der Waals surface area contributed by atoms with Gasteiger partial charge < -0.3 is 19.6 Å². The number of piperazine rings is 1. The van der Waals surface area contributed by atoms with Crippen LogP contribution in [0.1, 0.15) is 15.9 Å². The first-order chi connectivity index (χ1) is 14.1. The van der Waals surface area contributed by atoms with Crippen LogP contribution in [-0.2, 0) is 6.18 Å². The molecule has 8 nitrogen and oxygen atoms in total. The number of carbonyl (C=O) groups excluding carboxylic acids is 1. The van der Waals surface area contributed by atoms with Crippen molar-refractivity contribution in [1.82, 2.24) is 4.90 Å². The Morgan fingerprint density at radius 2 is 1.83 bits per heavy atom. The zero-order valence-electron chi connectivity index (χ0n) is 15.8. The van der Waals surface area contributed by atoms with Gasteiger partial charge in [-0.2, -0.15) is 13.2 Å². The summed E-state index contributed by atoms with van der Waals surface area (Å²) < 4.78 is 43.6. The van der Waals surface area contributed by atoms with Crippen LogP contribution in [-0.4, -0.2) is 54.1 Å². The van der Waals surface area contributed by atoms with Crippen molar-refractivity contribution in [3.8, 4) is 11.5 Å². The van der Waals surface area contributed by atoms with Crippen molar-refractivity contribution in [3.63, 3.8) is 0 Å². The van der Waals surface area contributed by atoms with E-state index in [2.05, 4.69) is 0 Å². The van der Waals surface area contributed by atoms with Crippen molar-refractivity contribution >= 4 is 17.3 Å². The fourth-order valence-electron chi connectivity index (χ4n) is 3.29. The SMILES string of the molecule is COc1cccc(C(=O)N2CCN(c3ccc(C(F)(F)F)cc3[N+](=O)[O-])CC2)c1O. The van der Waals surface area contributed by atoms with E-state index in [1.807, 2.05) is 0 Å². The molecular weight excluding hydrogens is 407 g/mol. The minimum absolute atomic E-state index is 0.0586. The number of nitro benzene ring substituents is 1. The molecule has 1 amide bonds. The van der Waals surface area contributed by atoms with Crippen molar-refractivity contribution in [3.05, 3.63) is 57.6 Å². The minimum atomic E-state index is -4.69. The fourth-order valence-corrected chi connectivity index (χ4v) is 3.29. The number of methoxy groups -OCH3 is 1. The second kappa shape index (κ2) is 8.09. The number of aromatic hydroxyl groups is 1. The van der Waals surface area contributed by atoms with E-state index in [0.29, 0.717) is 6.07 Å². The van der Waals surface area contributed by atoms with Gasteiger partial charge in [-0.1, -0.05) is 6.07 Å². The highest BCUT2D eigenvalue weighted by Crippen LogP contribution is 2.37. The van der Waals surface area contributed by atoms with Crippen LogP contribution in [0.25, 0.3) is 0 Å². The standard InChI is InChI=1S/C19H18F3N3O5/c1-30-16-4-2-3-13(17(16)26)18(27)24-9-7-23(8-10-24)14-6-5-12(19(20,21)22)11-15(14)25(28)29/h2-6,11,26H,7-10H2,1H3. The molecule has 0 saturated carbocycles. The average Bonchev–Trinajstić information content (AvgIpc) is 2.72. The smallest absolute Gasteiger partial charge is 0.416 e. The number of nitro groups is 1. The van der Waals surface area contributed by atoms with Crippen LogP contribution < -0.4 is 9.64 Å². The first-order valence-corrected chi connectivity index (χ1v) is 8.89. The van der Waals surface area contributed by atoms with Crippen molar-refractivity contribution in [2.24, 2.45) is 0 Å². The highest BCUT2D eigenvalue weighted by Gasteiger charge is 2.34. The third-order valence-corrected chi connectivity index (χ3v) is 4.86. The minimum Gasteiger partial charge on any atom is -0.504 e. The van der Waals surface area contributed by atoms with Crippen molar-refractivity contribution < 1.29 is 32.7 Å². The Morgan fingerprint density at radius 3 is 2.40 bits per heavy atom. The van der Waals surface area contributed by atoms with E-state index in [4.69, 9.17) is 4.74 Å². The highest BCUT2D eigenvalue weighted by molar-refractivity contribution is 5.97. The van der Waals surface area contributed by atoms with Gasteiger partial charge in [-0.05, 0) is 24.3 Å². The molecule has 0 radical (unpaired) electrons. The molecule has 0 aromatic heterocycles. The molecule has 0 unspecified atom stereocenters. The van der Waals surface area contributed by atoms with Crippen LogP contribution in [0.3, 0.4) is 0 Å². The maximum Gasteiger partial charge on any atom is 0.416 e. The molecule has 0 atom stereocenters. The summed E-state index contributed by atoms with van der Waals surface area (Å²) in [5, 5.41) is 21.5. The molecule has 2 aromatic rings. The maximum atomic E-state index is 12.9. The fraction of sp³-hybridized carbons (Fsp3) is 0.316. The lowest BCUT2D eigenvalue weighted by molar-refractivity contribution is -0.384. The molecule has 3 rings (SSSR count). The number of ether oxygens (including phenoxy) is 1. The summed E-state index contributed by atoms with van der Waals surface area (Å²) in [6.45, 7) is 0.715. The number of hydrogen-bond donors (Lipinski definition) is 1. The first-order valence-electron chi connectivity index (χ1n) is 8.89. The molecule has 1 heterocycles. The lowest BCUT2D eigenvalue weighted by atomic mass is 10.1. The molecule has 1 aliphatic heterocycles. The maximum absolute atomic E-state index is 12.9. The summed E-state index contributed by atoms with van der Waals surface area (Å²) in [5.74, 6) is -0.571. The lowest BCUT2D eigenvalue weighted by Gasteiger charge is -2.36. The number of alkyl halides is 3. The molecule has 1 saturated heterocycles. The van der Waals surface area contributed by atoms with E-state index >= 15 is 0 Å². The molecule has 2 aromatic carbocycles. The number of rotatable bonds is 4. The zero-order chi connectivity index (χ0) is 22.1. The third kappa shape index (κ3) is 4.09. The number of amides is 1. The van der Waals surface area contributed by atoms with Crippen LogP contribution in [0.5, 0.6) is 11.5 Å². The Bertz CT molecular complexity index is 972. The Balaban J connectivity index is 1.77. The monoisotopic (exact) mass is 425 g/mol. The van der Waals surface area contributed by atoms with Gasteiger partial charge in [0.15, 0.2) is 11.5 Å². The molecule has 1 aliphatic rings. The average molecular weight is 425 g/mol. The van der Waals surface area contributed by atoms with Gasteiger partial charge in [0.2, 0.25) is 0 Å². The predicted octanol–water partition coefficient (Wildman–Crippen LogP) is 3.29. The van der Waals surface area contributed by atoms with E-state index in [0.717, 1.165) is 12.1 Å². The Labute approximate surface area is 169 Å². The quantitative estimate of drug-likeness (QED) is 0.597. The first kappa shape index (κ1) is 21.2. The number of phenols is 1. The van der Waals surface area contributed by atoms with Crippen LogP contribution in [0.15, 0.2) is 36.4 Å². The van der Waals surface area contributed by atoms with Gasteiger partial charge >= 0.3 is 6.18 Å². The second-order valence-corrected chi connectivity index (χ2v) is 6.59. The number of phenolic OH excluding ortho intramolecular Hbond substituents is 1. The van der Waals surface area contributed by atoms with Crippen LogP contribution in [0, 0.1) is 10.1 Å². The number of halogens is 3. The van der Waals surface area contributed by atoms with Crippen molar-refractivity contribution in [2.45, 2.75) is 6.18 Å². The van der Waals surface area contributed by atoms with Gasteiger partial charge in [0.25, 0.3) is 11.6 Å². The van der Waals surface area contributed by atoms with Crippen LogP contribution in [0.4, 0.5) is 24.5 Å². The summed E-state index contributed by atoms with van der Waals surface area (Å²) >= 11 is 0. The third-order valence-electron chi connectivity index (χ3n) is 4.86. The van der Waals surface area contributed by atoms with Gasteiger partial charge in [-0.15, -0.1) is 0 Å². The number of nitrogens with zero attached hydrogens (tertiary/aromatic N) is 3. The van der Waals surface area contributed by atoms with E-state index in [1.54, 1.807) is 11.0 Å². The summed E-state index contributed by atoms with van der Waals surface area (Å²) in [5.41, 5.74) is -1.62. The Hall–Kier alpha value is -3.50. The van der Waals surface area contributed by atoms with E-state index < -0.39 is 28.3 Å². The summed E-state index contributed by atoms with van der Waals surface area (Å²) in [6, 6.07) is 6.91. The van der Waals surface area contributed by atoms with Crippen LogP contribution in [0.2, 0.25) is 0 Å². The molecule has 11 heteroatoms. The number of hydrogen-bond acceptors (Lipinski definition) is 6. The van der Waals surface area contributed by atoms with Crippen molar-refractivity contribution in [1.29, 1.82) is 0 Å². The van der Waals surface area contributed by atoms with Gasteiger partial charge in [-0.25, -0.2) is 0 Å². The zero-order valence-corrected chi connectivity index (χ0v) is 15.8. The number of benzene rings is 2. The van der Waals surface area contributed by atoms with Gasteiger partial charge in [0.1, 0.15) is 5.69 Å². The summed E-state index contributed by atoms with van der Waals surface area (Å²) in [4.78, 5) is 26.2. The largest absolute Gasteiger partial charge is 0.504 e. The number of carbonyl (C=O) groups is 1. The Kier molecular flexibility index (Phi) is 5.72. The van der Waals surface area contributed by atoms with Crippen molar-refractivity contribution in [2.75, 3.05) is 38.2 Å². The molecule has 1 N–H and O–H groups in total. The van der Waals surface area contributed by atoms with Gasteiger partial charge in [0, 0.05) is 32.2 Å². The number of para-hydroxylation sites is 1. The van der Waals surface area contributed by atoms with E-state index in [9.17, 15) is 33.2 Å². The topological polar surface area (TPSA) is 96.2 Å². The van der Waals surface area contributed by atoms with Crippen LogP contribution >= 0.6 is 0 Å². The van der Waals surface area contributed by atoms with Gasteiger partial charge in [-0.3, -0.25) is 14.9 Å². The molecule has 0 spiro atoms. The Morgan fingerprint density at radius 1 is 1.17 bits per heavy atom.